The van der Waals surface area contributed by atoms with Gasteiger partial charge in [0.15, 0.2) is 0 Å². The Morgan fingerprint density at radius 3 is 2.14 bits per heavy atom. The Kier molecular flexibility index (Phi) is 7.05. The number of amides is 1. The highest BCUT2D eigenvalue weighted by atomic mass is 35.5. The van der Waals surface area contributed by atoms with Gasteiger partial charge in [0.25, 0.3) is 0 Å². The topological polar surface area (TPSA) is 104 Å². The van der Waals surface area contributed by atoms with Crippen LogP contribution in [0.3, 0.4) is 0 Å². The number of rotatable bonds is 7. The molecule has 12 heteroatoms. The second-order valence-electron chi connectivity index (χ2n) is 6.20. The summed E-state index contributed by atoms with van der Waals surface area (Å²) in [4.78, 5) is 12.5. The standard InChI is InChI=1S/C17H19Cl2N3O5S2/c1-21(28(2,24)25)13-6-4-5-12(9-13)20-17(23)11-22(29(3,26)27)14-7-8-15(18)16(19)10-14/h4-10H,11H2,1-3H3,(H,20,23). The molecule has 158 valence electrons. The number of carbonyl (C=O) groups is 1. The first kappa shape index (κ1) is 23.3. The summed E-state index contributed by atoms with van der Waals surface area (Å²) in [6.45, 7) is -0.511. The quantitative estimate of drug-likeness (QED) is 0.657. The van der Waals surface area contributed by atoms with E-state index in [1.165, 1.54) is 31.3 Å². The number of anilines is 3. The average Bonchev–Trinajstić information content (AvgIpc) is 2.60. The second kappa shape index (κ2) is 8.78. The minimum atomic E-state index is -3.79. The van der Waals surface area contributed by atoms with Gasteiger partial charge in [0.05, 0.1) is 33.9 Å². The van der Waals surface area contributed by atoms with Crippen molar-refractivity contribution in [2.45, 2.75) is 0 Å². The molecule has 0 unspecified atom stereocenters. The number of hydrogen-bond donors (Lipinski definition) is 1. The van der Waals surface area contributed by atoms with Crippen LogP contribution >= 0.6 is 23.2 Å². The molecule has 0 aliphatic carbocycles. The van der Waals surface area contributed by atoms with E-state index < -0.39 is 32.5 Å². The summed E-state index contributed by atoms with van der Waals surface area (Å²) in [6.07, 6.45) is 2.02. The van der Waals surface area contributed by atoms with E-state index in [4.69, 9.17) is 23.2 Å². The zero-order chi connectivity index (χ0) is 22.0. The molecule has 0 fully saturated rings. The minimum absolute atomic E-state index is 0.148. The summed E-state index contributed by atoms with van der Waals surface area (Å²) in [5.74, 6) is -0.624. The maximum Gasteiger partial charge on any atom is 0.245 e. The maximum atomic E-state index is 12.5. The Labute approximate surface area is 180 Å². The van der Waals surface area contributed by atoms with Crippen LogP contribution in [0.1, 0.15) is 0 Å². The number of carbonyl (C=O) groups excluding carboxylic acids is 1. The van der Waals surface area contributed by atoms with Crippen LogP contribution in [0.15, 0.2) is 42.5 Å². The zero-order valence-corrected chi connectivity index (χ0v) is 18.9. The predicted octanol–water partition coefficient (Wildman–Crippen LogP) is 2.79. The second-order valence-corrected chi connectivity index (χ2v) is 10.9. The van der Waals surface area contributed by atoms with Gasteiger partial charge >= 0.3 is 0 Å². The molecule has 2 rings (SSSR count). The predicted molar refractivity (Wildman–Crippen MR) is 117 cm³/mol. The molecule has 0 bridgehead atoms. The van der Waals surface area contributed by atoms with Crippen LogP contribution in [-0.2, 0) is 24.8 Å². The number of halogens is 2. The van der Waals surface area contributed by atoms with E-state index in [9.17, 15) is 21.6 Å². The van der Waals surface area contributed by atoms with Gasteiger partial charge in [0, 0.05) is 12.7 Å². The third-order valence-corrected chi connectivity index (χ3v) is 6.96. The number of sulfonamides is 2. The summed E-state index contributed by atoms with van der Waals surface area (Å²) >= 11 is 11.8. The molecule has 0 radical (unpaired) electrons. The highest BCUT2D eigenvalue weighted by Gasteiger charge is 2.22. The van der Waals surface area contributed by atoms with Crippen molar-refractivity contribution in [3.05, 3.63) is 52.5 Å². The van der Waals surface area contributed by atoms with Crippen molar-refractivity contribution in [3.63, 3.8) is 0 Å². The van der Waals surface area contributed by atoms with E-state index in [2.05, 4.69) is 5.32 Å². The summed E-state index contributed by atoms with van der Waals surface area (Å²) < 4.78 is 49.6. The lowest BCUT2D eigenvalue weighted by molar-refractivity contribution is -0.114. The normalized spacial score (nSPS) is 11.8. The first-order chi connectivity index (χ1) is 13.3. The van der Waals surface area contributed by atoms with Crippen LogP contribution in [0.4, 0.5) is 17.1 Å². The molecule has 2 aromatic carbocycles. The van der Waals surface area contributed by atoms with Crippen LogP contribution < -0.4 is 13.9 Å². The van der Waals surface area contributed by atoms with Crippen LogP contribution in [-0.4, -0.2) is 48.8 Å². The molecule has 0 aromatic heterocycles. The Morgan fingerprint density at radius 1 is 0.931 bits per heavy atom. The van der Waals surface area contributed by atoms with Crippen LogP contribution in [0.5, 0.6) is 0 Å². The Balaban J connectivity index is 2.24. The van der Waals surface area contributed by atoms with E-state index in [-0.39, 0.29) is 15.7 Å². The van der Waals surface area contributed by atoms with Crippen molar-refractivity contribution in [2.24, 2.45) is 0 Å². The van der Waals surface area contributed by atoms with Gasteiger partial charge in [-0.25, -0.2) is 16.8 Å². The summed E-state index contributed by atoms with van der Waals surface area (Å²) in [7, 11) is -5.89. The van der Waals surface area contributed by atoms with E-state index in [0.717, 1.165) is 21.1 Å². The number of benzene rings is 2. The highest BCUT2D eigenvalue weighted by Crippen LogP contribution is 2.28. The van der Waals surface area contributed by atoms with Gasteiger partial charge in [-0.15, -0.1) is 0 Å². The Morgan fingerprint density at radius 2 is 1.59 bits per heavy atom. The van der Waals surface area contributed by atoms with Crippen molar-refractivity contribution in [2.75, 3.05) is 40.0 Å². The van der Waals surface area contributed by atoms with E-state index in [0.29, 0.717) is 11.4 Å². The molecule has 1 amide bonds. The maximum absolute atomic E-state index is 12.5. The van der Waals surface area contributed by atoms with E-state index >= 15 is 0 Å². The molecular formula is C17H19Cl2N3O5S2. The molecule has 29 heavy (non-hydrogen) atoms. The third kappa shape index (κ3) is 6.23. The lowest BCUT2D eigenvalue weighted by atomic mass is 10.2. The molecule has 0 heterocycles. The first-order valence-corrected chi connectivity index (χ1v) is 12.5. The lowest BCUT2D eigenvalue weighted by Gasteiger charge is -2.22. The van der Waals surface area contributed by atoms with Gasteiger partial charge in [0.2, 0.25) is 26.0 Å². The minimum Gasteiger partial charge on any atom is -0.324 e. The monoisotopic (exact) mass is 479 g/mol. The van der Waals surface area contributed by atoms with Gasteiger partial charge in [-0.3, -0.25) is 13.4 Å². The molecule has 0 saturated heterocycles. The van der Waals surface area contributed by atoms with Crippen molar-refractivity contribution in [1.82, 2.24) is 0 Å². The number of nitrogens with zero attached hydrogens (tertiary/aromatic N) is 2. The molecule has 0 spiro atoms. The van der Waals surface area contributed by atoms with Crippen molar-refractivity contribution < 1.29 is 21.6 Å². The van der Waals surface area contributed by atoms with Gasteiger partial charge in [-0.05, 0) is 36.4 Å². The number of nitrogens with one attached hydrogen (secondary N) is 1. The summed E-state index contributed by atoms with van der Waals surface area (Å²) in [5.41, 5.74) is 0.836. The highest BCUT2D eigenvalue weighted by molar-refractivity contribution is 7.92. The Bertz CT molecular complexity index is 1140. The molecule has 0 atom stereocenters. The van der Waals surface area contributed by atoms with Crippen molar-refractivity contribution >= 4 is 66.2 Å². The van der Waals surface area contributed by atoms with E-state index in [1.807, 2.05) is 0 Å². The van der Waals surface area contributed by atoms with Crippen molar-refractivity contribution in [1.29, 1.82) is 0 Å². The molecular weight excluding hydrogens is 461 g/mol. The van der Waals surface area contributed by atoms with Gasteiger partial charge in [0.1, 0.15) is 6.54 Å². The summed E-state index contributed by atoms with van der Waals surface area (Å²) in [6, 6.07) is 10.4. The number of hydrogen-bond acceptors (Lipinski definition) is 5. The van der Waals surface area contributed by atoms with Crippen LogP contribution in [0.25, 0.3) is 0 Å². The molecule has 8 nitrogen and oxygen atoms in total. The fraction of sp³-hybridized carbons (Fsp3) is 0.235. The Hall–Kier alpha value is -2.01. The van der Waals surface area contributed by atoms with Gasteiger partial charge in [-0.2, -0.15) is 0 Å². The van der Waals surface area contributed by atoms with Crippen molar-refractivity contribution in [3.8, 4) is 0 Å². The van der Waals surface area contributed by atoms with Gasteiger partial charge in [-0.1, -0.05) is 29.3 Å². The molecule has 1 N–H and O–H groups in total. The zero-order valence-electron chi connectivity index (χ0n) is 15.8. The SMILES string of the molecule is CN(c1cccc(NC(=O)CN(c2ccc(Cl)c(Cl)c2)S(C)(=O)=O)c1)S(C)(=O)=O. The fourth-order valence-corrected chi connectivity index (χ4v) is 3.98. The average molecular weight is 480 g/mol. The summed E-state index contributed by atoms with van der Waals surface area (Å²) in [5, 5.41) is 2.96. The lowest BCUT2D eigenvalue weighted by Crippen LogP contribution is -2.37. The molecule has 0 aliphatic heterocycles. The van der Waals surface area contributed by atoms with Gasteiger partial charge < -0.3 is 5.32 Å². The molecule has 2 aromatic rings. The van der Waals surface area contributed by atoms with Crippen LogP contribution in [0, 0.1) is 0 Å². The molecule has 0 aliphatic rings. The smallest absolute Gasteiger partial charge is 0.245 e. The molecule has 0 saturated carbocycles. The first-order valence-electron chi connectivity index (χ1n) is 8.05. The third-order valence-electron chi connectivity index (χ3n) is 3.87. The fourth-order valence-electron chi connectivity index (χ4n) is 2.34. The largest absolute Gasteiger partial charge is 0.324 e. The van der Waals surface area contributed by atoms with Crippen LogP contribution in [0.2, 0.25) is 10.0 Å². The van der Waals surface area contributed by atoms with E-state index in [1.54, 1.807) is 18.2 Å².